The molecule has 2 aromatic carbocycles. The zero-order valence-electron chi connectivity index (χ0n) is 16.7. The van der Waals surface area contributed by atoms with E-state index in [2.05, 4.69) is 39.2 Å². The van der Waals surface area contributed by atoms with Crippen LogP contribution in [0.1, 0.15) is 37.6 Å². The van der Waals surface area contributed by atoms with Gasteiger partial charge in [0.2, 0.25) is 0 Å². The Labute approximate surface area is 161 Å². The molecule has 2 rings (SSSR count). The summed E-state index contributed by atoms with van der Waals surface area (Å²) < 4.78 is 6.04. The highest BCUT2D eigenvalue weighted by molar-refractivity contribution is 6.74. The molecule has 146 valence electrons. The summed E-state index contributed by atoms with van der Waals surface area (Å²) in [5.74, 6) is -1.44. The molecule has 0 heterocycles. The van der Waals surface area contributed by atoms with E-state index in [0.717, 1.165) is 10.8 Å². The molecule has 0 aliphatic heterocycles. The lowest BCUT2D eigenvalue weighted by Gasteiger charge is -2.36. The first-order chi connectivity index (χ1) is 12.5. The maximum absolute atomic E-state index is 12.5. The lowest BCUT2D eigenvalue weighted by atomic mass is 10.1. The zero-order chi connectivity index (χ0) is 20.2. The summed E-state index contributed by atoms with van der Waals surface area (Å²) in [5, 5.41) is 14.1. The predicted molar refractivity (Wildman–Crippen MR) is 111 cm³/mol. The number of benzene rings is 2. The predicted octanol–water partition coefficient (Wildman–Crippen LogP) is 4.43. The van der Waals surface area contributed by atoms with E-state index in [4.69, 9.17) is 4.43 Å². The highest BCUT2D eigenvalue weighted by Gasteiger charge is 2.37. The van der Waals surface area contributed by atoms with Crippen LogP contribution in [0.5, 0.6) is 0 Å². The Kier molecular flexibility index (Phi) is 6.44. The largest absolute Gasteiger partial charge is 0.480 e. The fraction of sp³-hybridized carbons (Fsp3) is 0.429. The van der Waals surface area contributed by atoms with Crippen molar-refractivity contribution >= 4 is 31.0 Å². The standard InChI is InChI=1S/C21H29NO4Si/c1-21(2,3)27(4,5)26-13-12-18(20(24)25)22-19(23)17-11-10-15-8-6-7-9-16(15)14-17/h6-11,14,18H,12-13H2,1-5H3,(H,22,23)(H,24,25)/t18-/m0/s1. The lowest BCUT2D eigenvalue weighted by Crippen LogP contribution is -2.44. The Balaban J connectivity index is 2.02. The van der Waals surface area contributed by atoms with Crippen LogP contribution in [-0.2, 0) is 9.22 Å². The third kappa shape index (κ3) is 5.40. The number of fused-ring (bicyclic) bond motifs is 1. The van der Waals surface area contributed by atoms with Crippen molar-refractivity contribution in [2.24, 2.45) is 0 Å². The van der Waals surface area contributed by atoms with Crippen LogP contribution < -0.4 is 5.32 Å². The van der Waals surface area contributed by atoms with Gasteiger partial charge in [0.05, 0.1) is 0 Å². The Hall–Kier alpha value is -2.18. The van der Waals surface area contributed by atoms with Crippen molar-refractivity contribution in [3.05, 3.63) is 48.0 Å². The first kappa shape index (κ1) is 21.1. The highest BCUT2D eigenvalue weighted by atomic mass is 28.4. The molecule has 0 radical (unpaired) electrons. The number of hydrogen-bond acceptors (Lipinski definition) is 3. The summed E-state index contributed by atoms with van der Waals surface area (Å²) in [6.07, 6.45) is 0.237. The molecule has 0 unspecified atom stereocenters. The summed E-state index contributed by atoms with van der Waals surface area (Å²) in [6.45, 7) is 11.0. The van der Waals surface area contributed by atoms with E-state index in [9.17, 15) is 14.7 Å². The van der Waals surface area contributed by atoms with E-state index < -0.39 is 20.3 Å². The van der Waals surface area contributed by atoms with Gasteiger partial charge in [0.15, 0.2) is 8.32 Å². The van der Waals surface area contributed by atoms with Crippen molar-refractivity contribution in [1.82, 2.24) is 5.32 Å². The molecule has 0 spiro atoms. The molecule has 0 saturated carbocycles. The van der Waals surface area contributed by atoms with Gasteiger partial charge < -0.3 is 14.8 Å². The SMILES string of the molecule is CC(C)(C)[Si](C)(C)OCC[C@H](NC(=O)c1ccc2ccccc2c1)C(=O)O. The number of hydrogen-bond donors (Lipinski definition) is 2. The van der Waals surface area contributed by atoms with Crippen molar-refractivity contribution < 1.29 is 19.1 Å². The van der Waals surface area contributed by atoms with Crippen molar-refractivity contribution in [2.75, 3.05) is 6.61 Å². The second-order valence-corrected chi connectivity index (χ2v) is 13.1. The van der Waals surface area contributed by atoms with Crippen LogP contribution in [0.25, 0.3) is 10.8 Å². The molecule has 0 bridgehead atoms. The molecule has 1 atom stereocenters. The van der Waals surface area contributed by atoms with Crippen LogP contribution in [0, 0.1) is 0 Å². The Morgan fingerprint density at radius 3 is 2.33 bits per heavy atom. The average Bonchev–Trinajstić information content (AvgIpc) is 2.59. The van der Waals surface area contributed by atoms with Crippen LogP contribution >= 0.6 is 0 Å². The minimum atomic E-state index is -1.95. The molecule has 0 saturated heterocycles. The minimum Gasteiger partial charge on any atom is -0.480 e. The fourth-order valence-corrected chi connectivity index (χ4v) is 3.54. The molecule has 27 heavy (non-hydrogen) atoms. The monoisotopic (exact) mass is 387 g/mol. The summed E-state index contributed by atoms with van der Waals surface area (Å²) >= 11 is 0. The summed E-state index contributed by atoms with van der Waals surface area (Å²) in [6, 6.07) is 12.1. The molecule has 5 nitrogen and oxygen atoms in total. The van der Waals surface area contributed by atoms with Crippen molar-refractivity contribution in [1.29, 1.82) is 0 Å². The van der Waals surface area contributed by atoms with Crippen molar-refractivity contribution in [2.45, 2.75) is 51.4 Å². The highest BCUT2D eigenvalue weighted by Crippen LogP contribution is 2.36. The van der Waals surface area contributed by atoms with Crippen LogP contribution in [-0.4, -0.2) is 37.9 Å². The number of carboxylic acids is 1. The number of nitrogens with one attached hydrogen (secondary N) is 1. The van der Waals surface area contributed by atoms with Gasteiger partial charge in [-0.1, -0.05) is 51.1 Å². The van der Waals surface area contributed by atoms with Crippen LogP contribution in [0.2, 0.25) is 18.1 Å². The number of carbonyl (C=O) groups excluding carboxylic acids is 1. The Bertz CT molecular complexity index is 826. The van der Waals surface area contributed by atoms with Gasteiger partial charge in [-0.25, -0.2) is 4.79 Å². The summed E-state index contributed by atoms with van der Waals surface area (Å²) in [5.41, 5.74) is 0.449. The maximum atomic E-state index is 12.5. The topological polar surface area (TPSA) is 75.6 Å². The van der Waals surface area contributed by atoms with Gasteiger partial charge in [-0.2, -0.15) is 0 Å². The zero-order valence-corrected chi connectivity index (χ0v) is 17.7. The van der Waals surface area contributed by atoms with E-state index in [1.165, 1.54) is 0 Å². The second kappa shape index (κ2) is 8.23. The minimum absolute atomic E-state index is 0.0556. The molecular weight excluding hydrogens is 358 g/mol. The first-order valence-corrected chi connectivity index (χ1v) is 12.1. The third-order valence-electron chi connectivity index (χ3n) is 5.29. The maximum Gasteiger partial charge on any atom is 0.326 e. The number of rotatable bonds is 7. The van der Waals surface area contributed by atoms with E-state index in [1.807, 2.05) is 30.3 Å². The van der Waals surface area contributed by atoms with Crippen LogP contribution in [0.3, 0.4) is 0 Å². The second-order valence-electron chi connectivity index (χ2n) is 8.32. The van der Waals surface area contributed by atoms with Gasteiger partial charge in [0, 0.05) is 18.6 Å². The van der Waals surface area contributed by atoms with E-state index >= 15 is 0 Å². The number of carboxylic acid groups (broad SMARTS) is 1. The molecule has 0 aliphatic rings. The molecule has 2 N–H and O–H groups in total. The van der Waals surface area contributed by atoms with Crippen molar-refractivity contribution in [3.63, 3.8) is 0 Å². The first-order valence-electron chi connectivity index (χ1n) is 9.18. The molecule has 6 heteroatoms. The Morgan fingerprint density at radius 2 is 1.74 bits per heavy atom. The molecule has 0 fully saturated rings. The van der Waals surface area contributed by atoms with Gasteiger partial charge >= 0.3 is 5.97 Å². The molecule has 0 aliphatic carbocycles. The van der Waals surface area contributed by atoms with Gasteiger partial charge in [-0.15, -0.1) is 0 Å². The van der Waals surface area contributed by atoms with E-state index in [-0.39, 0.29) is 17.4 Å². The summed E-state index contributed by atoms with van der Waals surface area (Å²) in [4.78, 5) is 24.1. The van der Waals surface area contributed by atoms with E-state index in [1.54, 1.807) is 12.1 Å². The number of amides is 1. The number of carbonyl (C=O) groups is 2. The third-order valence-corrected chi connectivity index (χ3v) is 9.83. The smallest absolute Gasteiger partial charge is 0.326 e. The van der Waals surface area contributed by atoms with E-state index in [0.29, 0.717) is 12.2 Å². The van der Waals surface area contributed by atoms with Gasteiger partial charge in [0.25, 0.3) is 5.91 Å². The lowest BCUT2D eigenvalue weighted by molar-refractivity contribution is -0.139. The van der Waals surface area contributed by atoms with Crippen LogP contribution in [0.4, 0.5) is 0 Å². The summed E-state index contributed by atoms with van der Waals surface area (Å²) in [7, 11) is -1.95. The molecule has 1 amide bonds. The van der Waals surface area contributed by atoms with Crippen molar-refractivity contribution in [3.8, 4) is 0 Å². The average molecular weight is 388 g/mol. The normalized spacial score (nSPS) is 13.4. The molecule has 0 aromatic heterocycles. The van der Waals surface area contributed by atoms with Crippen LogP contribution in [0.15, 0.2) is 42.5 Å². The quantitative estimate of drug-likeness (QED) is 0.689. The molecule has 2 aromatic rings. The number of aliphatic carboxylic acids is 1. The van der Waals surface area contributed by atoms with Gasteiger partial charge in [0.1, 0.15) is 6.04 Å². The molecular formula is C21H29NO4Si. The Morgan fingerprint density at radius 1 is 1.11 bits per heavy atom. The fourth-order valence-electron chi connectivity index (χ4n) is 2.48. The van der Waals surface area contributed by atoms with Gasteiger partial charge in [-0.3, -0.25) is 4.79 Å². The van der Waals surface area contributed by atoms with Gasteiger partial charge in [-0.05, 0) is 41.0 Å².